The molecule has 146 valence electrons. The number of fused-ring (bicyclic) bond motifs is 1. The van der Waals surface area contributed by atoms with Crippen molar-refractivity contribution in [3.8, 4) is 0 Å². The normalized spacial score (nSPS) is 45.8. The van der Waals surface area contributed by atoms with Gasteiger partial charge in [0.05, 0.1) is 18.4 Å². The van der Waals surface area contributed by atoms with E-state index in [9.17, 15) is 30.3 Å². The first-order valence-electron chi connectivity index (χ1n) is 8.20. The van der Waals surface area contributed by atoms with Crippen LogP contribution in [-0.2, 0) is 23.7 Å². The van der Waals surface area contributed by atoms with Crippen LogP contribution in [0.4, 0.5) is 0 Å². The topological polar surface area (TPSA) is 155 Å². The largest absolute Gasteiger partial charge is 0.471 e. The average molecular weight is 374 g/mol. The Morgan fingerprint density at radius 1 is 1.19 bits per heavy atom. The van der Waals surface area contributed by atoms with E-state index in [2.05, 4.69) is 6.58 Å². The van der Waals surface area contributed by atoms with Crippen LogP contribution in [0.2, 0.25) is 0 Å². The van der Waals surface area contributed by atoms with Gasteiger partial charge in [-0.05, 0) is 0 Å². The Hall–Kier alpha value is -1.53. The van der Waals surface area contributed by atoms with Gasteiger partial charge in [0, 0.05) is 18.3 Å². The van der Waals surface area contributed by atoms with Crippen molar-refractivity contribution in [2.24, 2.45) is 11.8 Å². The molecule has 0 aromatic rings. The molecule has 0 bridgehead atoms. The second kappa shape index (κ2) is 7.61. The molecule has 2 fully saturated rings. The van der Waals surface area contributed by atoms with Crippen LogP contribution in [0.15, 0.2) is 24.5 Å². The highest BCUT2D eigenvalue weighted by atomic mass is 16.8. The Bertz CT molecular complexity index is 575. The molecule has 2 saturated heterocycles. The minimum absolute atomic E-state index is 0.117. The van der Waals surface area contributed by atoms with Crippen LogP contribution in [0.3, 0.4) is 0 Å². The monoisotopic (exact) mass is 374 g/mol. The van der Waals surface area contributed by atoms with Crippen molar-refractivity contribution in [2.45, 2.75) is 49.7 Å². The number of aliphatic hydroxyl groups excluding tert-OH is 5. The van der Waals surface area contributed by atoms with E-state index in [4.69, 9.17) is 18.9 Å². The fourth-order valence-corrected chi connectivity index (χ4v) is 3.37. The highest BCUT2D eigenvalue weighted by Crippen LogP contribution is 2.39. The number of rotatable bonds is 4. The predicted octanol–water partition coefficient (Wildman–Crippen LogP) is -2.27. The first-order chi connectivity index (χ1) is 12.4. The van der Waals surface area contributed by atoms with Crippen molar-refractivity contribution in [3.05, 3.63) is 24.5 Å². The minimum atomic E-state index is -1.59. The Labute approximate surface area is 148 Å². The van der Waals surface area contributed by atoms with E-state index >= 15 is 0 Å². The van der Waals surface area contributed by atoms with Gasteiger partial charge in [0.25, 0.3) is 0 Å². The summed E-state index contributed by atoms with van der Waals surface area (Å²) < 4.78 is 21.0. The average Bonchev–Trinajstić information content (AvgIpc) is 2.61. The van der Waals surface area contributed by atoms with Crippen molar-refractivity contribution < 1.29 is 49.3 Å². The SMILES string of the molecule is C=CC1C(OC2OC(CO)C(O)C(O)C2O)OC=C2C(=O)OC(O)CC21. The molecule has 10 heteroatoms. The van der Waals surface area contributed by atoms with Gasteiger partial charge in [0.15, 0.2) is 6.29 Å². The Kier molecular flexibility index (Phi) is 5.63. The maximum absolute atomic E-state index is 11.9. The van der Waals surface area contributed by atoms with Crippen molar-refractivity contribution in [1.29, 1.82) is 0 Å². The summed E-state index contributed by atoms with van der Waals surface area (Å²) in [5.41, 5.74) is 0.230. The van der Waals surface area contributed by atoms with E-state index in [1.807, 2.05) is 0 Å². The first-order valence-corrected chi connectivity index (χ1v) is 8.20. The lowest BCUT2D eigenvalue weighted by Gasteiger charge is -2.43. The molecule has 3 aliphatic heterocycles. The van der Waals surface area contributed by atoms with Gasteiger partial charge in [-0.2, -0.15) is 0 Å². The molecule has 0 aliphatic carbocycles. The molecule has 0 aromatic carbocycles. The summed E-state index contributed by atoms with van der Waals surface area (Å²) in [5.74, 6) is -1.76. The smallest absolute Gasteiger partial charge is 0.339 e. The maximum Gasteiger partial charge on any atom is 0.339 e. The van der Waals surface area contributed by atoms with Gasteiger partial charge < -0.3 is 44.5 Å². The number of carbonyl (C=O) groups excluding carboxylic acids is 1. The maximum atomic E-state index is 11.9. The Morgan fingerprint density at radius 2 is 1.92 bits per heavy atom. The molecule has 0 saturated carbocycles. The predicted molar refractivity (Wildman–Crippen MR) is 81.7 cm³/mol. The summed E-state index contributed by atoms with van der Waals surface area (Å²) in [6.45, 7) is 3.10. The minimum Gasteiger partial charge on any atom is -0.471 e. The lowest BCUT2D eigenvalue weighted by molar-refractivity contribution is -0.340. The van der Waals surface area contributed by atoms with Gasteiger partial charge in [-0.3, -0.25) is 0 Å². The highest BCUT2D eigenvalue weighted by Gasteiger charge is 2.48. The summed E-state index contributed by atoms with van der Waals surface area (Å²) in [7, 11) is 0. The Balaban J connectivity index is 1.77. The van der Waals surface area contributed by atoms with Crippen molar-refractivity contribution in [1.82, 2.24) is 0 Å². The van der Waals surface area contributed by atoms with Gasteiger partial charge in [-0.1, -0.05) is 6.08 Å². The van der Waals surface area contributed by atoms with E-state index in [1.54, 1.807) is 0 Å². The number of carbonyl (C=O) groups is 1. The van der Waals surface area contributed by atoms with Crippen LogP contribution in [0.5, 0.6) is 0 Å². The second-order valence-electron chi connectivity index (χ2n) is 6.43. The lowest BCUT2D eigenvalue weighted by Crippen LogP contribution is -2.60. The number of hydrogen-bond acceptors (Lipinski definition) is 10. The van der Waals surface area contributed by atoms with E-state index in [0.717, 1.165) is 6.26 Å². The van der Waals surface area contributed by atoms with E-state index < -0.39 is 67.7 Å². The summed E-state index contributed by atoms with van der Waals surface area (Å²) in [5, 5.41) is 48.6. The molecule has 3 rings (SSSR count). The van der Waals surface area contributed by atoms with Gasteiger partial charge in [-0.15, -0.1) is 6.58 Å². The summed E-state index contributed by atoms with van der Waals surface area (Å²) >= 11 is 0. The third kappa shape index (κ3) is 3.37. The zero-order chi connectivity index (χ0) is 19.0. The summed E-state index contributed by atoms with van der Waals surface area (Å²) in [6, 6.07) is 0. The molecule has 9 unspecified atom stereocenters. The van der Waals surface area contributed by atoms with Gasteiger partial charge >= 0.3 is 5.97 Å². The molecule has 3 heterocycles. The zero-order valence-electron chi connectivity index (χ0n) is 13.7. The molecule has 26 heavy (non-hydrogen) atoms. The number of cyclic esters (lactones) is 1. The molecule has 0 spiro atoms. The van der Waals surface area contributed by atoms with Crippen LogP contribution in [0.25, 0.3) is 0 Å². The molecule has 5 N–H and O–H groups in total. The standard InChI is InChI=1S/C16H22O10/c1-2-6-7-3-10(18)25-14(22)8(7)5-23-15(6)26-16-13(21)12(20)11(19)9(4-17)24-16/h2,5-7,9-13,15-21H,1,3-4H2. The zero-order valence-corrected chi connectivity index (χ0v) is 13.7. The summed E-state index contributed by atoms with van der Waals surface area (Å²) in [6.07, 6.45) is -6.75. The number of aliphatic hydroxyl groups is 5. The van der Waals surface area contributed by atoms with Crippen LogP contribution in [0, 0.1) is 11.8 Å². The van der Waals surface area contributed by atoms with Crippen LogP contribution >= 0.6 is 0 Å². The van der Waals surface area contributed by atoms with E-state index in [1.165, 1.54) is 6.08 Å². The molecular formula is C16H22O10. The van der Waals surface area contributed by atoms with E-state index in [0.29, 0.717) is 0 Å². The van der Waals surface area contributed by atoms with Crippen LogP contribution in [0.1, 0.15) is 6.42 Å². The third-order valence-corrected chi connectivity index (χ3v) is 4.83. The van der Waals surface area contributed by atoms with Gasteiger partial charge in [-0.25, -0.2) is 4.79 Å². The quantitative estimate of drug-likeness (QED) is 0.269. The van der Waals surface area contributed by atoms with Crippen LogP contribution < -0.4 is 0 Å². The first kappa shape index (κ1) is 19.2. The number of esters is 1. The fraction of sp³-hybridized carbons (Fsp3) is 0.688. The van der Waals surface area contributed by atoms with E-state index in [-0.39, 0.29) is 12.0 Å². The molecule has 9 atom stereocenters. The van der Waals surface area contributed by atoms with Gasteiger partial charge in [0.1, 0.15) is 24.4 Å². The Morgan fingerprint density at radius 3 is 2.58 bits per heavy atom. The number of hydrogen-bond donors (Lipinski definition) is 5. The van der Waals surface area contributed by atoms with Gasteiger partial charge in [0.2, 0.25) is 12.6 Å². The molecular weight excluding hydrogens is 352 g/mol. The summed E-state index contributed by atoms with van der Waals surface area (Å²) in [4.78, 5) is 11.9. The highest BCUT2D eigenvalue weighted by molar-refractivity contribution is 5.89. The second-order valence-corrected chi connectivity index (χ2v) is 6.43. The molecule has 0 radical (unpaired) electrons. The van der Waals surface area contributed by atoms with Crippen molar-refractivity contribution >= 4 is 5.97 Å². The van der Waals surface area contributed by atoms with Crippen molar-refractivity contribution in [3.63, 3.8) is 0 Å². The fourth-order valence-electron chi connectivity index (χ4n) is 3.37. The molecule has 0 aromatic heterocycles. The van der Waals surface area contributed by atoms with Crippen molar-refractivity contribution in [2.75, 3.05) is 6.61 Å². The molecule has 10 nitrogen and oxygen atoms in total. The third-order valence-electron chi connectivity index (χ3n) is 4.83. The molecule has 0 amide bonds. The molecule has 3 aliphatic rings. The number of ether oxygens (including phenoxy) is 4. The van der Waals surface area contributed by atoms with Crippen LogP contribution in [-0.4, -0.2) is 81.4 Å². The lowest BCUT2D eigenvalue weighted by atomic mass is 9.80.